The first-order valence-corrected chi connectivity index (χ1v) is 11.4. The topological polar surface area (TPSA) is 83.2 Å². The molecule has 1 unspecified atom stereocenters. The van der Waals surface area contributed by atoms with E-state index in [-0.39, 0.29) is 23.9 Å². The predicted octanol–water partition coefficient (Wildman–Crippen LogP) is 2.90. The fourth-order valence-corrected chi connectivity index (χ4v) is 4.71. The maximum Gasteiger partial charge on any atom is 0.258 e. The van der Waals surface area contributed by atoms with Gasteiger partial charge < -0.3 is 19.6 Å². The normalized spacial score (nSPS) is 18.0. The molecule has 0 saturated carbocycles. The molecule has 5 rings (SSSR count). The van der Waals surface area contributed by atoms with Gasteiger partial charge in [-0.3, -0.25) is 4.79 Å². The van der Waals surface area contributed by atoms with E-state index in [2.05, 4.69) is 15.0 Å². The molecule has 2 aliphatic rings. The number of halogens is 2. The van der Waals surface area contributed by atoms with Crippen LogP contribution in [0.4, 0.5) is 4.39 Å². The molecule has 1 fully saturated rings. The summed E-state index contributed by atoms with van der Waals surface area (Å²) in [7, 11) is 0. The van der Waals surface area contributed by atoms with Crippen LogP contribution in [0.25, 0.3) is 5.65 Å². The number of likely N-dealkylation sites (tertiary alicyclic amines) is 1. The highest BCUT2D eigenvalue weighted by atomic mass is 35.5. The van der Waals surface area contributed by atoms with Gasteiger partial charge in [-0.1, -0.05) is 11.6 Å². The number of benzene rings is 1. The van der Waals surface area contributed by atoms with Crippen molar-refractivity contribution in [2.24, 2.45) is 0 Å². The van der Waals surface area contributed by atoms with Crippen molar-refractivity contribution in [3.05, 3.63) is 58.3 Å². The van der Waals surface area contributed by atoms with Gasteiger partial charge in [0.1, 0.15) is 17.7 Å². The molecule has 1 N–H and O–H groups in total. The van der Waals surface area contributed by atoms with Crippen LogP contribution in [0, 0.1) is 5.82 Å². The minimum absolute atomic E-state index is 0.113. The van der Waals surface area contributed by atoms with Gasteiger partial charge in [-0.05, 0) is 31.9 Å². The monoisotopic (exact) mass is 473 g/mol. The zero-order valence-corrected chi connectivity index (χ0v) is 19.0. The lowest BCUT2D eigenvalue weighted by Crippen LogP contribution is -2.41. The number of ether oxygens (including phenoxy) is 1. The standard InChI is InChI=1S/C23H25ClFN5O3/c1-14(31)10-28-6-4-17(5-7-28)33-21-8-16(25)2-3-18(21)23(32)29-12-19-20(13-29)27-30-11-15(24)9-26-22(19)30/h2-3,8-9,11,14,17,31H,4-7,10,12-13H2,1H3. The number of aliphatic hydroxyl groups is 1. The molecule has 1 saturated heterocycles. The fraction of sp³-hybridized carbons (Fsp3) is 0.435. The van der Waals surface area contributed by atoms with E-state index in [1.165, 1.54) is 18.2 Å². The predicted molar refractivity (Wildman–Crippen MR) is 120 cm³/mol. The summed E-state index contributed by atoms with van der Waals surface area (Å²) >= 11 is 5.99. The number of hydrogen-bond donors (Lipinski definition) is 1. The van der Waals surface area contributed by atoms with E-state index in [1.54, 1.807) is 28.7 Å². The molecule has 0 aliphatic carbocycles. The fourth-order valence-electron chi connectivity index (χ4n) is 4.57. The third-order valence-electron chi connectivity index (χ3n) is 6.12. The van der Waals surface area contributed by atoms with Gasteiger partial charge in [-0.2, -0.15) is 5.10 Å². The first-order valence-electron chi connectivity index (χ1n) is 11.0. The van der Waals surface area contributed by atoms with Gasteiger partial charge in [0.2, 0.25) is 0 Å². The molecule has 0 bridgehead atoms. The van der Waals surface area contributed by atoms with Crippen LogP contribution in [0.15, 0.2) is 30.6 Å². The van der Waals surface area contributed by atoms with Gasteiger partial charge in [0, 0.05) is 37.5 Å². The van der Waals surface area contributed by atoms with Gasteiger partial charge in [0.05, 0.1) is 41.7 Å². The summed E-state index contributed by atoms with van der Waals surface area (Å²) in [5.41, 5.74) is 2.66. The van der Waals surface area contributed by atoms with Crippen molar-refractivity contribution in [1.82, 2.24) is 24.4 Å². The van der Waals surface area contributed by atoms with Crippen molar-refractivity contribution in [2.45, 2.75) is 45.1 Å². The number of fused-ring (bicyclic) bond motifs is 3. The third-order valence-corrected chi connectivity index (χ3v) is 6.32. The molecule has 174 valence electrons. The van der Waals surface area contributed by atoms with E-state index in [9.17, 15) is 14.3 Å². The Kier molecular flexibility index (Phi) is 5.94. The number of rotatable bonds is 5. The maximum absolute atomic E-state index is 14.0. The van der Waals surface area contributed by atoms with Gasteiger partial charge >= 0.3 is 0 Å². The number of nitrogens with zero attached hydrogens (tertiary/aromatic N) is 5. The summed E-state index contributed by atoms with van der Waals surface area (Å²) < 4.78 is 21.8. The summed E-state index contributed by atoms with van der Waals surface area (Å²) in [5.74, 6) is -0.421. The lowest BCUT2D eigenvalue weighted by atomic mass is 10.1. The Morgan fingerprint density at radius 1 is 1.33 bits per heavy atom. The summed E-state index contributed by atoms with van der Waals surface area (Å²) in [6.07, 6.45) is 4.25. The highest BCUT2D eigenvalue weighted by Crippen LogP contribution is 2.31. The Balaban J connectivity index is 1.31. The van der Waals surface area contributed by atoms with Crippen LogP contribution in [0.1, 0.15) is 41.4 Å². The van der Waals surface area contributed by atoms with Crippen molar-refractivity contribution in [1.29, 1.82) is 0 Å². The van der Waals surface area contributed by atoms with Crippen molar-refractivity contribution in [2.75, 3.05) is 19.6 Å². The molecule has 0 spiro atoms. The number of amides is 1. The second-order valence-corrected chi connectivity index (χ2v) is 9.17. The van der Waals surface area contributed by atoms with Gasteiger partial charge in [-0.25, -0.2) is 13.9 Å². The molecule has 1 aromatic carbocycles. The molecule has 2 aromatic heterocycles. The zero-order chi connectivity index (χ0) is 23.1. The average molecular weight is 474 g/mol. The van der Waals surface area contributed by atoms with Crippen molar-refractivity contribution in [3.63, 3.8) is 0 Å². The number of carbonyl (C=O) groups is 1. The smallest absolute Gasteiger partial charge is 0.258 e. The zero-order valence-electron chi connectivity index (χ0n) is 18.2. The maximum atomic E-state index is 14.0. The van der Waals surface area contributed by atoms with Gasteiger partial charge in [-0.15, -0.1) is 0 Å². The number of piperidine rings is 1. The molecule has 4 heterocycles. The van der Waals surface area contributed by atoms with Crippen LogP contribution in [0.3, 0.4) is 0 Å². The molecule has 2 aliphatic heterocycles. The Morgan fingerprint density at radius 3 is 2.88 bits per heavy atom. The largest absolute Gasteiger partial charge is 0.489 e. The Labute approximate surface area is 195 Å². The van der Waals surface area contributed by atoms with E-state index < -0.39 is 5.82 Å². The second kappa shape index (κ2) is 8.89. The Hall–Kier alpha value is -2.75. The molecule has 3 aromatic rings. The lowest BCUT2D eigenvalue weighted by Gasteiger charge is -2.33. The summed E-state index contributed by atoms with van der Waals surface area (Å²) in [4.78, 5) is 21.6. The van der Waals surface area contributed by atoms with Crippen LogP contribution in [0.2, 0.25) is 5.02 Å². The van der Waals surface area contributed by atoms with Crippen molar-refractivity contribution >= 4 is 23.2 Å². The van der Waals surface area contributed by atoms with Crippen LogP contribution < -0.4 is 4.74 Å². The summed E-state index contributed by atoms with van der Waals surface area (Å²) in [6.45, 7) is 4.66. The minimum Gasteiger partial charge on any atom is -0.489 e. The highest BCUT2D eigenvalue weighted by molar-refractivity contribution is 6.30. The molecule has 10 heteroatoms. The molecule has 0 radical (unpaired) electrons. The molecule has 33 heavy (non-hydrogen) atoms. The van der Waals surface area contributed by atoms with Crippen LogP contribution in [-0.2, 0) is 13.1 Å². The van der Waals surface area contributed by atoms with E-state index >= 15 is 0 Å². The number of carbonyl (C=O) groups excluding carboxylic acids is 1. The van der Waals surface area contributed by atoms with Crippen molar-refractivity contribution < 1.29 is 19.0 Å². The van der Waals surface area contributed by atoms with Gasteiger partial charge in [0.15, 0.2) is 5.65 Å². The van der Waals surface area contributed by atoms with E-state index in [0.29, 0.717) is 35.9 Å². The highest BCUT2D eigenvalue weighted by Gasteiger charge is 2.31. The summed E-state index contributed by atoms with van der Waals surface area (Å²) in [5, 5.41) is 14.6. The lowest BCUT2D eigenvalue weighted by molar-refractivity contribution is 0.0638. The number of hydrogen-bond acceptors (Lipinski definition) is 6. The van der Waals surface area contributed by atoms with Crippen LogP contribution in [0.5, 0.6) is 5.75 Å². The molecule has 1 atom stereocenters. The molecular weight excluding hydrogens is 449 g/mol. The average Bonchev–Trinajstić information content (AvgIpc) is 3.32. The first kappa shape index (κ1) is 22.1. The second-order valence-electron chi connectivity index (χ2n) is 8.73. The Bertz CT molecular complexity index is 1190. The minimum atomic E-state index is -0.448. The van der Waals surface area contributed by atoms with E-state index in [0.717, 1.165) is 37.2 Å². The quantitative estimate of drug-likeness (QED) is 0.613. The molecular formula is C23H25ClFN5O3. The Morgan fingerprint density at radius 2 is 2.12 bits per heavy atom. The number of aliphatic hydroxyl groups excluding tert-OH is 1. The van der Waals surface area contributed by atoms with E-state index in [1.807, 2.05) is 0 Å². The van der Waals surface area contributed by atoms with Crippen LogP contribution >= 0.6 is 11.6 Å². The molecule has 8 nitrogen and oxygen atoms in total. The first-order chi connectivity index (χ1) is 15.9. The van der Waals surface area contributed by atoms with E-state index in [4.69, 9.17) is 16.3 Å². The third kappa shape index (κ3) is 4.53. The number of β-amino-alcohol motifs (C(OH)–C–C–N with tert-alkyl or cyclic N) is 1. The summed E-state index contributed by atoms with van der Waals surface area (Å²) in [6, 6.07) is 4.05. The van der Waals surface area contributed by atoms with Gasteiger partial charge in [0.25, 0.3) is 5.91 Å². The van der Waals surface area contributed by atoms with Crippen LogP contribution in [-0.4, -0.2) is 67.3 Å². The number of aromatic nitrogens is 3. The SMILES string of the molecule is CC(O)CN1CCC(Oc2cc(F)ccc2C(=O)N2Cc3nn4cc(Cl)cnc4c3C2)CC1. The molecule has 1 amide bonds. The van der Waals surface area contributed by atoms with Crippen molar-refractivity contribution in [3.8, 4) is 5.75 Å².